The molecule has 0 aromatic carbocycles. The zero-order chi connectivity index (χ0) is 15.9. The van der Waals surface area contributed by atoms with Crippen LogP contribution in [0.25, 0.3) is 0 Å². The van der Waals surface area contributed by atoms with Crippen LogP contribution in [0.4, 0.5) is 0 Å². The molecule has 1 atom stereocenters. The topological polar surface area (TPSA) is 41.6 Å². The minimum Gasteiger partial charge on any atom is -0.468 e. The maximum absolute atomic E-state index is 12.0. The van der Waals surface area contributed by atoms with E-state index in [1.165, 1.54) is 26.5 Å². The van der Waals surface area contributed by atoms with Gasteiger partial charge in [0, 0.05) is 12.6 Å². The van der Waals surface area contributed by atoms with E-state index in [2.05, 4.69) is 31.0 Å². The molecule has 21 heavy (non-hydrogen) atoms. The molecule has 0 saturated heterocycles. The molecular weight excluding hydrogens is 264 g/mol. The minimum absolute atomic E-state index is 0.151. The first-order valence-corrected chi connectivity index (χ1v) is 8.49. The second-order valence-corrected chi connectivity index (χ2v) is 6.92. The lowest BCUT2D eigenvalue weighted by molar-refractivity contribution is -0.148. The average Bonchev–Trinajstić information content (AvgIpc) is 3.24. The van der Waals surface area contributed by atoms with Crippen molar-refractivity contribution in [2.45, 2.75) is 71.4 Å². The van der Waals surface area contributed by atoms with E-state index in [1.807, 2.05) is 6.92 Å². The van der Waals surface area contributed by atoms with E-state index in [4.69, 9.17) is 4.74 Å². The summed E-state index contributed by atoms with van der Waals surface area (Å²) in [5.74, 6) is 0.800. The summed E-state index contributed by atoms with van der Waals surface area (Å²) in [6.45, 7) is 11.9. The number of nitrogens with zero attached hydrogens (tertiary/aromatic N) is 1. The largest absolute Gasteiger partial charge is 0.468 e. The smallest absolute Gasteiger partial charge is 0.325 e. The molecule has 1 fully saturated rings. The molecule has 0 aliphatic heterocycles. The first-order chi connectivity index (χ1) is 9.91. The van der Waals surface area contributed by atoms with Crippen LogP contribution in [0.5, 0.6) is 0 Å². The van der Waals surface area contributed by atoms with E-state index < -0.39 is 5.54 Å². The molecule has 1 unspecified atom stereocenters. The summed E-state index contributed by atoms with van der Waals surface area (Å²) in [6, 6.07) is 0.274. The highest BCUT2D eigenvalue weighted by molar-refractivity contribution is 5.80. The monoisotopic (exact) mass is 298 g/mol. The Hall–Kier alpha value is -0.610. The molecule has 1 aliphatic carbocycles. The summed E-state index contributed by atoms with van der Waals surface area (Å²) >= 11 is 0. The molecule has 1 rings (SSSR count). The number of methoxy groups -OCH3 is 1. The summed E-state index contributed by atoms with van der Waals surface area (Å²) < 4.78 is 4.96. The fourth-order valence-corrected chi connectivity index (χ4v) is 2.95. The van der Waals surface area contributed by atoms with E-state index in [9.17, 15) is 4.79 Å². The Morgan fingerprint density at radius 1 is 1.38 bits per heavy atom. The molecule has 0 aromatic rings. The zero-order valence-electron chi connectivity index (χ0n) is 14.6. The Bertz CT molecular complexity index is 316. The number of nitrogens with one attached hydrogen (secondary N) is 1. The van der Waals surface area contributed by atoms with E-state index in [-0.39, 0.29) is 12.0 Å². The predicted octanol–water partition coefficient (Wildman–Crippen LogP) is 2.82. The molecule has 0 radical (unpaired) electrons. The summed E-state index contributed by atoms with van der Waals surface area (Å²) in [5, 5.41) is 3.36. The number of unbranched alkanes of at least 4 members (excludes halogenated alkanes) is 1. The molecule has 4 heteroatoms. The van der Waals surface area contributed by atoms with Crippen LogP contribution in [0.15, 0.2) is 0 Å². The molecular formula is C17H34N2O2. The molecule has 124 valence electrons. The van der Waals surface area contributed by atoms with Gasteiger partial charge in [0.25, 0.3) is 0 Å². The Labute approximate surface area is 130 Å². The number of hydrogen-bond acceptors (Lipinski definition) is 4. The molecule has 0 amide bonds. The van der Waals surface area contributed by atoms with Crippen molar-refractivity contribution in [3.05, 3.63) is 0 Å². The lowest BCUT2D eigenvalue weighted by Crippen LogP contribution is -2.53. The molecule has 0 bridgehead atoms. The minimum atomic E-state index is -0.559. The predicted molar refractivity (Wildman–Crippen MR) is 87.4 cm³/mol. The van der Waals surface area contributed by atoms with Crippen molar-refractivity contribution in [1.29, 1.82) is 0 Å². The lowest BCUT2D eigenvalue weighted by Gasteiger charge is -2.30. The van der Waals surface area contributed by atoms with Crippen LogP contribution in [0.1, 0.15) is 59.8 Å². The van der Waals surface area contributed by atoms with Gasteiger partial charge in [0.05, 0.1) is 7.11 Å². The van der Waals surface area contributed by atoms with Crippen molar-refractivity contribution in [1.82, 2.24) is 10.2 Å². The van der Waals surface area contributed by atoms with Crippen LogP contribution in [0.3, 0.4) is 0 Å². The van der Waals surface area contributed by atoms with Crippen molar-refractivity contribution in [3.63, 3.8) is 0 Å². The Kier molecular flexibility index (Phi) is 7.67. The number of ether oxygens (including phenoxy) is 1. The first kappa shape index (κ1) is 18.4. The number of carbonyl (C=O) groups excluding carboxylic acids is 1. The van der Waals surface area contributed by atoms with Gasteiger partial charge in [-0.05, 0) is 71.9 Å². The van der Waals surface area contributed by atoms with Gasteiger partial charge in [0.15, 0.2) is 0 Å². The van der Waals surface area contributed by atoms with Crippen molar-refractivity contribution < 1.29 is 9.53 Å². The number of rotatable bonds is 11. The summed E-state index contributed by atoms with van der Waals surface area (Å²) in [5.41, 5.74) is -0.559. The van der Waals surface area contributed by atoms with E-state index in [1.54, 1.807) is 0 Å². The third-order valence-electron chi connectivity index (χ3n) is 4.30. The molecule has 0 heterocycles. The highest BCUT2D eigenvalue weighted by Crippen LogP contribution is 2.29. The number of hydrogen-bond donors (Lipinski definition) is 1. The fraction of sp³-hybridized carbons (Fsp3) is 0.941. The Morgan fingerprint density at radius 2 is 2.05 bits per heavy atom. The van der Waals surface area contributed by atoms with Gasteiger partial charge in [-0.2, -0.15) is 0 Å². The lowest BCUT2D eigenvalue weighted by atomic mass is 9.93. The van der Waals surface area contributed by atoms with Crippen LogP contribution in [-0.4, -0.2) is 49.2 Å². The average molecular weight is 298 g/mol. The van der Waals surface area contributed by atoms with Gasteiger partial charge in [-0.3, -0.25) is 10.1 Å². The van der Waals surface area contributed by atoms with Crippen LogP contribution < -0.4 is 5.32 Å². The van der Waals surface area contributed by atoms with Crippen LogP contribution in [0.2, 0.25) is 0 Å². The SMILES string of the molecule is CCN(CCCCC(C)(NC(C)C)C(=O)OC)CC1CC1. The van der Waals surface area contributed by atoms with E-state index in [0.717, 1.165) is 38.3 Å². The normalized spacial score (nSPS) is 18.0. The van der Waals surface area contributed by atoms with Gasteiger partial charge in [0.1, 0.15) is 5.54 Å². The summed E-state index contributed by atoms with van der Waals surface area (Å²) in [7, 11) is 1.47. The number of carbonyl (C=O) groups is 1. The van der Waals surface area contributed by atoms with Crippen molar-refractivity contribution in [3.8, 4) is 0 Å². The molecule has 4 nitrogen and oxygen atoms in total. The Balaban J connectivity index is 2.32. The second kappa shape index (κ2) is 8.74. The zero-order valence-corrected chi connectivity index (χ0v) is 14.6. The maximum atomic E-state index is 12.0. The van der Waals surface area contributed by atoms with E-state index in [0.29, 0.717) is 0 Å². The molecule has 1 aliphatic rings. The molecule has 1 N–H and O–H groups in total. The van der Waals surface area contributed by atoms with Crippen molar-refractivity contribution >= 4 is 5.97 Å². The molecule has 0 aromatic heterocycles. The highest BCUT2D eigenvalue weighted by atomic mass is 16.5. The van der Waals surface area contributed by atoms with Crippen LogP contribution in [0, 0.1) is 5.92 Å². The van der Waals surface area contributed by atoms with Crippen LogP contribution >= 0.6 is 0 Å². The van der Waals surface area contributed by atoms with Gasteiger partial charge in [-0.1, -0.05) is 6.92 Å². The number of esters is 1. The van der Waals surface area contributed by atoms with Gasteiger partial charge in [0.2, 0.25) is 0 Å². The summed E-state index contributed by atoms with van der Waals surface area (Å²) in [6.07, 6.45) is 5.85. The highest BCUT2D eigenvalue weighted by Gasteiger charge is 2.34. The van der Waals surface area contributed by atoms with Crippen LogP contribution in [-0.2, 0) is 9.53 Å². The molecule has 0 spiro atoms. The molecule has 1 saturated carbocycles. The van der Waals surface area contributed by atoms with Crippen molar-refractivity contribution in [2.24, 2.45) is 5.92 Å². The first-order valence-electron chi connectivity index (χ1n) is 8.49. The van der Waals surface area contributed by atoms with Gasteiger partial charge >= 0.3 is 5.97 Å². The Morgan fingerprint density at radius 3 is 2.52 bits per heavy atom. The third kappa shape index (κ3) is 6.79. The van der Waals surface area contributed by atoms with E-state index >= 15 is 0 Å². The fourth-order valence-electron chi connectivity index (χ4n) is 2.95. The van der Waals surface area contributed by atoms with Gasteiger partial charge < -0.3 is 9.64 Å². The van der Waals surface area contributed by atoms with Gasteiger partial charge in [-0.25, -0.2) is 0 Å². The van der Waals surface area contributed by atoms with Crippen molar-refractivity contribution in [2.75, 3.05) is 26.7 Å². The standard InChI is InChI=1S/C17H34N2O2/c1-6-19(13-15-9-10-15)12-8-7-11-17(4,16(20)21-5)18-14(2)3/h14-15,18H,6-13H2,1-5H3. The third-order valence-corrected chi connectivity index (χ3v) is 4.30. The second-order valence-electron chi connectivity index (χ2n) is 6.92. The summed E-state index contributed by atoms with van der Waals surface area (Å²) in [4.78, 5) is 14.6. The van der Waals surface area contributed by atoms with Gasteiger partial charge in [-0.15, -0.1) is 0 Å². The quantitative estimate of drug-likeness (QED) is 0.470. The maximum Gasteiger partial charge on any atom is 0.325 e.